The average Bonchev–Trinajstić information content (AvgIpc) is 3.36. The van der Waals surface area contributed by atoms with Gasteiger partial charge in [-0.3, -0.25) is 0 Å². The van der Waals surface area contributed by atoms with Gasteiger partial charge in [-0.05, 0) is 37.0 Å². The molecule has 32 heavy (non-hydrogen) atoms. The van der Waals surface area contributed by atoms with E-state index in [2.05, 4.69) is 54.1 Å². The maximum absolute atomic E-state index is 2.47. The SMILES string of the molecule is CCCCCCCCCCc1ccc2c(c1)sc1c3ccc([N+]4=CCCCC4)cc3sc21. The molecular formula is C29H36NS2+. The van der Waals surface area contributed by atoms with Crippen molar-refractivity contribution in [1.82, 2.24) is 0 Å². The Morgan fingerprint density at radius 3 is 2.16 bits per heavy atom. The summed E-state index contributed by atoms with van der Waals surface area (Å²) in [6.07, 6.45) is 18.6. The average molecular weight is 463 g/mol. The van der Waals surface area contributed by atoms with Crippen LogP contribution in [0.5, 0.6) is 0 Å². The van der Waals surface area contributed by atoms with Crippen molar-refractivity contribution in [3.05, 3.63) is 42.0 Å². The van der Waals surface area contributed by atoms with Crippen molar-refractivity contribution in [2.45, 2.75) is 84.0 Å². The lowest BCUT2D eigenvalue weighted by Gasteiger charge is -2.07. The molecule has 1 nitrogen and oxygen atoms in total. The second-order valence-electron chi connectivity index (χ2n) is 9.47. The zero-order chi connectivity index (χ0) is 21.8. The van der Waals surface area contributed by atoms with E-state index in [4.69, 9.17) is 0 Å². The summed E-state index contributed by atoms with van der Waals surface area (Å²) in [5.41, 5.74) is 2.88. The number of benzene rings is 2. The van der Waals surface area contributed by atoms with Crippen LogP contribution in [0.1, 0.15) is 83.1 Å². The predicted molar refractivity (Wildman–Crippen MR) is 146 cm³/mol. The van der Waals surface area contributed by atoms with Crippen molar-refractivity contribution in [1.29, 1.82) is 0 Å². The first-order chi connectivity index (χ1) is 15.8. The van der Waals surface area contributed by atoms with Crippen molar-refractivity contribution in [3.63, 3.8) is 0 Å². The molecule has 0 radical (unpaired) electrons. The highest BCUT2D eigenvalue weighted by molar-refractivity contribution is 7.36. The highest BCUT2D eigenvalue weighted by Gasteiger charge is 2.17. The molecule has 0 spiro atoms. The molecule has 0 N–H and O–H groups in total. The first-order valence-electron chi connectivity index (χ1n) is 12.8. The topological polar surface area (TPSA) is 3.01 Å². The zero-order valence-corrected chi connectivity index (χ0v) is 21.1. The molecule has 0 bridgehead atoms. The van der Waals surface area contributed by atoms with Gasteiger partial charge in [0.15, 0.2) is 0 Å². The largest absolute Gasteiger partial charge is 0.206 e. The Balaban J connectivity index is 1.28. The van der Waals surface area contributed by atoms with E-state index in [0.29, 0.717) is 0 Å². The number of rotatable bonds is 10. The summed E-state index contributed by atoms with van der Waals surface area (Å²) in [4.78, 5) is 0. The molecule has 0 saturated heterocycles. The van der Waals surface area contributed by atoms with Gasteiger partial charge in [-0.2, -0.15) is 0 Å². The van der Waals surface area contributed by atoms with Crippen LogP contribution in [0.3, 0.4) is 0 Å². The molecule has 2 aromatic heterocycles. The molecule has 0 saturated carbocycles. The number of hydrogen-bond acceptors (Lipinski definition) is 2. The van der Waals surface area contributed by atoms with E-state index >= 15 is 0 Å². The molecule has 5 rings (SSSR count). The molecule has 3 heteroatoms. The Morgan fingerprint density at radius 2 is 1.44 bits per heavy atom. The van der Waals surface area contributed by atoms with Gasteiger partial charge in [0.1, 0.15) is 12.8 Å². The van der Waals surface area contributed by atoms with E-state index in [-0.39, 0.29) is 0 Å². The molecule has 2 aromatic carbocycles. The molecule has 0 amide bonds. The fourth-order valence-corrected chi connectivity index (χ4v) is 7.84. The van der Waals surface area contributed by atoms with Gasteiger partial charge in [0.2, 0.25) is 5.69 Å². The van der Waals surface area contributed by atoms with Gasteiger partial charge in [-0.25, -0.2) is 4.58 Å². The maximum atomic E-state index is 2.47. The van der Waals surface area contributed by atoms with Crippen molar-refractivity contribution >= 4 is 64.1 Å². The summed E-state index contributed by atoms with van der Waals surface area (Å²) in [5.74, 6) is 0. The fourth-order valence-electron chi connectivity index (χ4n) is 5.09. The molecule has 0 aliphatic carbocycles. The van der Waals surface area contributed by atoms with Gasteiger partial charge in [0.05, 0.1) is 9.40 Å². The van der Waals surface area contributed by atoms with Crippen molar-refractivity contribution in [2.24, 2.45) is 0 Å². The summed E-state index contributed by atoms with van der Waals surface area (Å²) >= 11 is 3.98. The number of hydrogen-bond donors (Lipinski definition) is 0. The third kappa shape index (κ3) is 4.79. The Morgan fingerprint density at radius 1 is 0.750 bits per heavy atom. The molecule has 0 atom stereocenters. The van der Waals surface area contributed by atoms with Crippen LogP contribution in [0.25, 0.3) is 29.6 Å². The molecule has 0 unspecified atom stereocenters. The van der Waals surface area contributed by atoms with Crippen LogP contribution < -0.4 is 0 Å². The van der Waals surface area contributed by atoms with Crippen molar-refractivity contribution < 1.29 is 4.58 Å². The van der Waals surface area contributed by atoms with E-state index in [1.54, 1.807) is 0 Å². The van der Waals surface area contributed by atoms with Crippen LogP contribution in [0.2, 0.25) is 0 Å². The van der Waals surface area contributed by atoms with Gasteiger partial charge in [-0.1, -0.05) is 64.0 Å². The third-order valence-corrected chi connectivity index (χ3v) is 9.48. The minimum atomic E-state index is 1.16. The van der Waals surface area contributed by atoms with E-state index in [1.807, 2.05) is 22.7 Å². The Kier molecular flexibility index (Phi) is 7.24. The summed E-state index contributed by atoms with van der Waals surface area (Å²) in [6, 6.07) is 14.3. The lowest BCUT2D eigenvalue weighted by Crippen LogP contribution is -2.13. The van der Waals surface area contributed by atoms with Crippen molar-refractivity contribution in [3.8, 4) is 0 Å². The monoisotopic (exact) mass is 462 g/mol. The van der Waals surface area contributed by atoms with Crippen LogP contribution in [-0.2, 0) is 6.42 Å². The number of aryl methyl sites for hydroxylation is 1. The Labute approximate surface area is 200 Å². The minimum absolute atomic E-state index is 1.16. The molecule has 4 aromatic rings. The standard InChI is InChI=1S/C29H36NS2/c1-2-3-4-5-6-7-8-10-13-22-14-16-24-26(20-22)31-29-25-17-15-23(21-27(25)32-28(24)29)30-18-11-9-12-19-30/h14-18,20-21H,2-13,19H2,1H3/q+1. The smallest absolute Gasteiger partial charge is 0.203 e. The number of nitrogens with zero attached hydrogens (tertiary/aromatic N) is 1. The van der Waals surface area contributed by atoms with Crippen LogP contribution >= 0.6 is 22.7 Å². The molecule has 3 heterocycles. The fraction of sp³-hybridized carbons (Fsp3) is 0.483. The third-order valence-electron chi connectivity index (χ3n) is 6.98. The first-order valence-corrected chi connectivity index (χ1v) is 14.4. The Bertz CT molecular complexity index is 1230. The van der Waals surface area contributed by atoms with E-state index in [9.17, 15) is 0 Å². The predicted octanol–water partition coefficient (Wildman–Crippen LogP) is 9.85. The summed E-state index contributed by atoms with van der Waals surface area (Å²) < 4.78 is 8.33. The van der Waals surface area contributed by atoms with E-state index < -0.39 is 0 Å². The van der Waals surface area contributed by atoms with Gasteiger partial charge in [0, 0.05) is 45.1 Å². The highest BCUT2D eigenvalue weighted by Crippen LogP contribution is 2.45. The quantitative estimate of drug-likeness (QED) is 0.163. The van der Waals surface area contributed by atoms with E-state index in [0.717, 1.165) is 6.54 Å². The second kappa shape index (κ2) is 10.5. The Hall–Kier alpha value is -1.71. The van der Waals surface area contributed by atoms with Gasteiger partial charge in [0.25, 0.3) is 0 Å². The van der Waals surface area contributed by atoms with Crippen LogP contribution in [-0.4, -0.2) is 17.3 Å². The van der Waals surface area contributed by atoms with Crippen LogP contribution in [0.15, 0.2) is 36.4 Å². The van der Waals surface area contributed by atoms with Crippen LogP contribution in [0.4, 0.5) is 5.69 Å². The zero-order valence-electron chi connectivity index (χ0n) is 19.5. The van der Waals surface area contributed by atoms with Gasteiger partial charge in [-0.15, -0.1) is 22.7 Å². The molecule has 168 valence electrons. The summed E-state index contributed by atoms with van der Waals surface area (Å²) in [6.45, 7) is 3.46. The van der Waals surface area contributed by atoms with Gasteiger partial charge >= 0.3 is 0 Å². The second-order valence-corrected chi connectivity index (χ2v) is 11.6. The first kappa shape index (κ1) is 22.1. The minimum Gasteiger partial charge on any atom is -0.203 e. The lowest BCUT2D eigenvalue weighted by molar-refractivity contribution is -0.441. The summed E-state index contributed by atoms with van der Waals surface area (Å²) in [7, 11) is 0. The van der Waals surface area contributed by atoms with Crippen molar-refractivity contribution in [2.75, 3.05) is 6.54 Å². The number of fused-ring (bicyclic) bond motifs is 5. The molecule has 0 fully saturated rings. The lowest BCUT2D eigenvalue weighted by atomic mass is 10.0. The van der Waals surface area contributed by atoms with Crippen LogP contribution in [0, 0.1) is 0 Å². The molecule has 1 aliphatic rings. The maximum Gasteiger partial charge on any atom is 0.206 e. The number of thiophene rings is 2. The molecular weight excluding hydrogens is 426 g/mol. The normalized spacial score (nSPS) is 14.6. The summed E-state index contributed by atoms with van der Waals surface area (Å²) in [5, 5.41) is 2.90. The molecule has 1 aliphatic heterocycles. The van der Waals surface area contributed by atoms with E-state index in [1.165, 1.54) is 118 Å². The van der Waals surface area contributed by atoms with Gasteiger partial charge < -0.3 is 0 Å². The highest BCUT2D eigenvalue weighted by atomic mass is 32.1. The number of unbranched alkanes of at least 4 members (excludes halogenated alkanes) is 7.